The molecule has 0 unspecified atom stereocenters. The number of nitro groups is 1. The molecule has 0 aliphatic carbocycles. The van der Waals surface area contributed by atoms with Gasteiger partial charge in [-0.2, -0.15) is 0 Å². The summed E-state index contributed by atoms with van der Waals surface area (Å²) in [4.78, 5) is 10.0. The molecule has 6 nitrogen and oxygen atoms in total. The topological polar surface area (TPSA) is 78.7 Å². The fourth-order valence-electron chi connectivity index (χ4n) is 1.41. The molecule has 0 fully saturated rings. The molecule has 0 aliphatic rings. The Bertz CT molecular complexity index is 533. The van der Waals surface area contributed by atoms with Crippen molar-refractivity contribution in [3.63, 3.8) is 0 Å². The van der Waals surface area contributed by atoms with Crippen molar-refractivity contribution in [3.8, 4) is 0 Å². The van der Waals surface area contributed by atoms with Gasteiger partial charge in [0.1, 0.15) is 4.77 Å². The molecule has 0 N–H and O–H groups in total. The van der Waals surface area contributed by atoms with Crippen LogP contribution in [0.25, 0.3) is 6.08 Å². The molecule has 8 heteroatoms. The fraction of sp³-hybridized carbons (Fsp3) is 0.333. The highest BCUT2D eigenvalue weighted by Crippen LogP contribution is 2.58. The minimum atomic E-state index is -3.51. The SMILES string of the molecule is CCOP(=O)(OCC)/C(Cl)=C/c1ccc([N+](=O)[O-])cc1. The van der Waals surface area contributed by atoms with Crippen molar-refractivity contribution in [1.29, 1.82) is 0 Å². The summed E-state index contributed by atoms with van der Waals surface area (Å²) in [6.45, 7) is 3.76. The number of nitro benzene ring substituents is 1. The molecule has 0 heterocycles. The van der Waals surface area contributed by atoms with E-state index >= 15 is 0 Å². The number of nitrogens with zero attached hydrogens (tertiary/aromatic N) is 1. The predicted molar refractivity (Wildman–Crippen MR) is 77.8 cm³/mol. The van der Waals surface area contributed by atoms with Crippen LogP contribution in [-0.2, 0) is 13.6 Å². The molecule has 0 radical (unpaired) electrons. The molecule has 0 saturated heterocycles. The zero-order valence-electron chi connectivity index (χ0n) is 11.1. The first-order chi connectivity index (χ1) is 9.42. The standard InChI is InChI=1S/C12H15ClNO5P/c1-3-18-20(17,19-4-2)12(13)9-10-5-7-11(8-6-10)14(15)16/h5-9H,3-4H2,1-2H3/b12-9+. The highest BCUT2D eigenvalue weighted by atomic mass is 35.5. The first-order valence-electron chi connectivity index (χ1n) is 5.94. The molecule has 0 aliphatic heterocycles. The Morgan fingerprint density at radius 3 is 2.20 bits per heavy atom. The van der Waals surface area contributed by atoms with E-state index in [2.05, 4.69) is 0 Å². The van der Waals surface area contributed by atoms with Gasteiger partial charge in [-0.1, -0.05) is 11.6 Å². The molecule has 20 heavy (non-hydrogen) atoms. The summed E-state index contributed by atoms with van der Waals surface area (Å²) < 4.78 is 22.5. The number of hydrogen-bond donors (Lipinski definition) is 0. The van der Waals surface area contributed by atoms with Crippen LogP contribution in [0, 0.1) is 10.1 Å². The lowest BCUT2D eigenvalue weighted by atomic mass is 10.2. The molecule has 0 atom stereocenters. The van der Waals surface area contributed by atoms with Crippen LogP contribution < -0.4 is 0 Å². The van der Waals surface area contributed by atoms with Crippen molar-refractivity contribution >= 4 is 31.0 Å². The van der Waals surface area contributed by atoms with Crippen molar-refractivity contribution in [1.82, 2.24) is 0 Å². The molecular formula is C12H15ClNO5P. The van der Waals surface area contributed by atoms with Crippen LogP contribution >= 0.6 is 19.2 Å². The fourth-order valence-corrected chi connectivity index (χ4v) is 3.14. The molecule has 1 aromatic carbocycles. The highest BCUT2D eigenvalue weighted by molar-refractivity contribution is 7.61. The summed E-state index contributed by atoms with van der Waals surface area (Å²) in [5.41, 5.74) is 0.538. The van der Waals surface area contributed by atoms with E-state index in [1.807, 2.05) is 0 Å². The Morgan fingerprint density at radius 1 is 1.30 bits per heavy atom. The zero-order chi connectivity index (χ0) is 15.2. The summed E-state index contributed by atoms with van der Waals surface area (Å²) in [5, 5.41) is 10.5. The zero-order valence-corrected chi connectivity index (χ0v) is 12.8. The number of hydrogen-bond acceptors (Lipinski definition) is 5. The molecule has 0 amide bonds. The van der Waals surface area contributed by atoms with Gasteiger partial charge in [0.15, 0.2) is 0 Å². The Balaban J connectivity index is 3.01. The van der Waals surface area contributed by atoms with E-state index in [0.29, 0.717) is 5.56 Å². The van der Waals surface area contributed by atoms with Crippen molar-refractivity contribution in [3.05, 3.63) is 44.7 Å². The summed E-state index contributed by atoms with van der Waals surface area (Å²) >= 11 is 6.00. The molecule has 1 aromatic rings. The van der Waals surface area contributed by atoms with Gasteiger partial charge in [-0.15, -0.1) is 0 Å². The second-order valence-corrected chi connectivity index (χ2v) is 6.31. The number of rotatable bonds is 7. The normalized spacial score (nSPS) is 12.4. The van der Waals surface area contributed by atoms with Crippen LogP contribution in [0.2, 0.25) is 0 Å². The van der Waals surface area contributed by atoms with Crippen LogP contribution in [0.1, 0.15) is 19.4 Å². The number of benzene rings is 1. The number of halogens is 1. The average Bonchev–Trinajstić information content (AvgIpc) is 2.39. The van der Waals surface area contributed by atoms with Gasteiger partial charge in [-0.25, -0.2) is 0 Å². The highest BCUT2D eigenvalue weighted by Gasteiger charge is 2.28. The maximum Gasteiger partial charge on any atom is 0.372 e. The van der Waals surface area contributed by atoms with Crippen LogP contribution in [0.3, 0.4) is 0 Å². The van der Waals surface area contributed by atoms with E-state index in [0.717, 1.165) is 0 Å². The van der Waals surface area contributed by atoms with E-state index in [-0.39, 0.29) is 23.7 Å². The van der Waals surface area contributed by atoms with Crippen molar-refractivity contribution < 1.29 is 18.5 Å². The molecule has 0 saturated carbocycles. The smallest absolute Gasteiger partial charge is 0.305 e. The molecule has 1 rings (SSSR count). The van der Waals surface area contributed by atoms with Crippen molar-refractivity contribution in [2.24, 2.45) is 0 Å². The van der Waals surface area contributed by atoms with Gasteiger partial charge < -0.3 is 9.05 Å². The Labute approximate surface area is 122 Å². The first kappa shape index (κ1) is 16.9. The maximum atomic E-state index is 12.3. The van der Waals surface area contributed by atoms with Gasteiger partial charge in [-0.3, -0.25) is 14.7 Å². The monoisotopic (exact) mass is 319 g/mol. The Morgan fingerprint density at radius 2 is 1.80 bits per heavy atom. The maximum absolute atomic E-state index is 12.3. The van der Waals surface area contributed by atoms with Crippen LogP contribution in [0.5, 0.6) is 0 Å². The summed E-state index contributed by atoms with van der Waals surface area (Å²) in [6, 6.07) is 5.68. The molecular weight excluding hydrogens is 305 g/mol. The van der Waals surface area contributed by atoms with Crippen molar-refractivity contribution in [2.75, 3.05) is 13.2 Å². The number of non-ortho nitro benzene ring substituents is 1. The molecule has 0 spiro atoms. The summed E-state index contributed by atoms with van der Waals surface area (Å²) in [7, 11) is -3.51. The van der Waals surface area contributed by atoms with Gasteiger partial charge in [-0.05, 0) is 37.6 Å². The van der Waals surface area contributed by atoms with Gasteiger partial charge in [0.05, 0.1) is 18.1 Å². The largest absolute Gasteiger partial charge is 0.372 e. The second kappa shape index (κ2) is 7.55. The molecule has 0 bridgehead atoms. The van der Waals surface area contributed by atoms with Gasteiger partial charge >= 0.3 is 7.60 Å². The Hall–Kier alpha value is -1.20. The van der Waals surface area contributed by atoms with Gasteiger partial charge in [0.2, 0.25) is 0 Å². The lowest BCUT2D eigenvalue weighted by Crippen LogP contribution is -1.95. The van der Waals surface area contributed by atoms with E-state index in [4.69, 9.17) is 20.6 Å². The van der Waals surface area contributed by atoms with Gasteiger partial charge in [0, 0.05) is 12.1 Å². The van der Waals surface area contributed by atoms with E-state index < -0.39 is 12.5 Å². The quantitative estimate of drug-likeness (QED) is 0.423. The molecule has 110 valence electrons. The average molecular weight is 320 g/mol. The third-order valence-electron chi connectivity index (χ3n) is 2.25. The molecule has 0 aromatic heterocycles. The lowest BCUT2D eigenvalue weighted by Gasteiger charge is -2.15. The first-order valence-corrected chi connectivity index (χ1v) is 7.86. The van der Waals surface area contributed by atoms with E-state index in [9.17, 15) is 14.7 Å². The Kier molecular flexibility index (Phi) is 6.36. The predicted octanol–water partition coefficient (Wildman–Crippen LogP) is 4.40. The van der Waals surface area contributed by atoms with Gasteiger partial charge in [0.25, 0.3) is 5.69 Å². The van der Waals surface area contributed by atoms with Crippen LogP contribution in [-0.4, -0.2) is 18.1 Å². The minimum absolute atomic E-state index is 0.0314. The van der Waals surface area contributed by atoms with E-state index in [1.54, 1.807) is 13.8 Å². The lowest BCUT2D eigenvalue weighted by molar-refractivity contribution is -0.384. The summed E-state index contributed by atoms with van der Waals surface area (Å²) in [5.74, 6) is 0. The van der Waals surface area contributed by atoms with Crippen LogP contribution in [0.4, 0.5) is 5.69 Å². The van der Waals surface area contributed by atoms with Crippen molar-refractivity contribution in [2.45, 2.75) is 13.8 Å². The minimum Gasteiger partial charge on any atom is -0.305 e. The second-order valence-electron chi connectivity index (χ2n) is 3.65. The van der Waals surface area contributed by atoms with Crippen LogP contribution in [0.15, 0.2) is 29.0 Å². The van der Waals surface area contributed by atoms with E-state index in [1.165, 1.54) is 30.3 Å². The third-order valence-corrected chi connectivity index (χ3v) is 4.83. The third kappa shape index (κ3) is 4.42. The summed E-state index contributed by atoms with van der Waals surface area (Å²) in [6.07, 6.45) is 1.41.